The summed E-state index contributed by atoms with van der Waals surface area (Å²) in [7, 11) is 1.35. The number of carboxylic acid groups (broad SMARTS) is 1. The van der Waals surface area contributed by atoms with E-state index in [0.717, 1.165) is 22.4 Å². The van der Waals surface area contributed by atoms with Gasteiger partial charge in [-0.1, -0.05) is 42.1 Å². The standard InChI is InChI=1S/C14H10O3.C11H12O3S2/c15-14(16)10-5-3-7-13-11(10)8-9-4-1-2-6-12(9)17-13;1-7-4-5-8(14-11(15)16-3)6-9(7)10(12)13-2/h1-7H,8H2,(H,15,16);4-6H,1-3H3. The van der Waals surface area contributed by atoms with Gasteiger partial charge in [0, 0.05) is 12.0 Å². The summed E-state index contributed by atoms with van der Waals surface area (Å²) in [5.74, 6) is 0.708. The third-order valence-electron chi connectivity index (χ3n) is 4.91. The lowest BCUT2D eigenvalue weighted by Gasteiger charge is -2.21. The van der Waals surface area contributed by atoms with Crippen molar-refractivity contribution in [1.29, 1.82) is 0 Å². The number of carbonyl (C=O) groups is 2. The Kier molecular flexibility index (Phi) is 8.08. The third kappa shape index (κ3) is 5.91. The number of thiocarbonyl (C=S) groups is 1. The van der Waals surface area contributed by atoms with Crippen LogP contribution in [0.1, 0.15) is 37.4 Å². The molecule has 3 aromatic carbocycles. The second kappa shape index (κ2) is 11.0. The smallest absolute Gasteiger partial charge is 0.338 e. The highest BCUT2D eigenvalue weighted by atomic mass is 32.2. The van der Waals surface area contributed by atoms with Crippen molar-refractivity contribution in [1.82, 2.24) is 0 Å². The number of para-hydroxylation sites is 1. The molecule has 3 aromatic rings. The molecule has 0 aromatic heterocycles. The maximum absolute atomic E-state index is 11.4. The average molecular weight is 483 g/mol. The zero-order valence-corrected chi connectivity index (χ0v) is 19.9. The highest BCUT2D eigenvalue weighted by Crippen LogP contribution is 2.37. The fraction of sp³-hybridized carbons (Fsp3) is 0.160. The van der Waals surface area contributed by atoms with E-state index in [9.17, 15) is 9.59 Å². The number of methoxy groups -OCH3 is 1. The molecule has 170 valence electrons. The lowest BCUT2D eigenvalue weighted by molar-refractivity contribution is 0.0598. The van der Waals surface area contributed by atoms with E-state index in [-0.39, 0.29) is 5.97 Å². The highest BCUT2D eigenvalue weighted by Gasteiger charge is 2.21. The number of hydrogen-bond donors (Lipinski definition) is 1. The van der Waals surface area contributed by atoms with Crippen molar-refractivity contribution in [3.8, 4) is 17.2 Å². The second-order valence-electron chi connectivity index (χ2n) is 7.00. The lowest BCUT2D eigenvalue weighted by Crippen LogP contribution is -2.09. The predicted molar refractivity (Wildman–Crippen MR) is 132 cm³/mol. The Morgan fingerprint density at radius 1 is 1.03 bits per heavy atom. The molecule has 0 saturated heterocycles. The molecule has 1 heterocycles. The first kappa shape index (κ1) is 24.3. The van der Waals surface area contributed by atoms with Crippen LogP contribution in [0.5, 0.6) is 17.2 Å². The van der Waals surface area contributed by atoms with Gasteiger partial charge in [0.25, 0.3) is 0 Å². The Morgan fingerprint density at radius 2 is 1.76 bits per heavy atom. The van der Waals surface area contributed by atoms with Gasteiger partial charge in [0.2, 0.25) is 4.38 Å². The first-order chi connectivity index (χ1) is 15.8. The average Bonchev–Trinajstić information content (AvgIpc) is 2.83. The molecule has 0 aliphatic carbocycles. The molecule has 1 aliphatic rings. The highest BCUT2D eigenvalue weighted by molar-refractivity contribution is 8.22. The van der Waals surface area contributed by atoms with Gasteiger partial charge in [0.05, 0.1) is 18.2 Å². The number of esters is 1. The maximum atomic E-state index is 11.4. The molecule has 1 N–H and O–H groups in total. The van der Waals surface area contributed by atoms with E-state index >= 15 is 0 Å². The SMILES string of the molecule is COC(=O)c1cc(OC(=S)SC)ccc1C.O=C(O)c1cccc2c1Cc1ccccc1O2. The number of fused-ring (bicyclic) bond motifs is 2. The molecule has 6 nitrogen and oxygen atoms in total. The fourth-order valence-electron chi connectivity index (χ4n) is 3.23. The van der Waals surface area contributed by atoms with Crippen molar-refractivity contribution in [3.63, 3.8) is 0 Å². The van der Waals surface area contributed by atoms with E-state index in [2.05, 4.69) is 4.74 Å². The maximum Gasteiger partial charge on any atom is 0.338 e. The van der Waals surface area contributed by atoms with Crippen LogP contribution in [-0.4, -0.2) is 34.8 Å². The number of carbonyl (C=O) groups excluding carboxylic acids is 1. The van der Waals surface area contributed by atoms with Crippen LogP contribution < -0.4 is 9.47 Å². The number of aryl methyl sites for hydroxylation is 1. The van der Waals surface area contributed by atoms with Crippen molar-refractivity contribution in [2.45, 2.75) is 13.3 Å². The van der Waals surface area contributed by atoms with Crippen LogP contribution in [0.2, 0.25) is 0 Å². The summed E-state index contributed by atoms with van der Waals surface area (Å²) in [5.41, 5.74) is 3.42. The van der Waals surface area contributed by atoms with Gasteiger partial charge in [-0.2, -0.15) is 0 Å². The van der Waals surface area contributed by atoms with Crippen molar-refractivity contribution >= 4 is 40.3 Å². The summed E-state index contributed by atoms with van der Waals surface area (Å²) in [5, 5.41) is 9.13. The van der Waals surface area contributed by atoms with Gasteiger partial charge in [-0.3, -0.25) is 0 Å². The largest absolute Gasteiger partial charge is 0.478 e. The van der Waals surface area contributed by atoms with Gasteiger partial charge < -0.3 is 19.3 Å². The zero-order valence-electron chi connectivity index (χ0n) is 18.3. The van der Waals surface area contributed by atoms with Gasteiger partial charge in [-0.15, -0.1) is 0 Å². The molecule has 33 heavy (non-hydrogen) atoms. The van der Waals surface area contributed by atoms with Gasteiger partial charge >= 0.3 is 11.9 Å². The van der Waals surface area contributed by atoms with Crippen LogP contribution in [0.3, 0.4) is 0 Å². The molecule has 0 radical (unpaired) electrons. The van der Waals surface area contributed by atoms with E-state index in [1.54, 1.807) is 36.4 Å². The summed E-state index contributed by atoms with van der Waals surface area (Å²) >= 11 is 6.27. The van der Waals surface area contributed by atoms with Gasteiger partial charge in [-0.05, 0) is 66.9 Å². The molecule has 8 heteroatoms. The minimum atomic E-state index is -0.912. The topological polar surface area (TPSA) is 82.1 Å². The number of rotatable bonds is 3. The summed E-state index contributed by atoms with van der Waals surface area (Å²) in [6.45, 7) is 1.84. The number of aromatic carboxylic acids is 1. The minimum Gasteiger partial charge on any atom is -0.478 e. The Balaban J connectivity index is 0.000000186. The molecule has 1 aliphatic heterocycles. The Morgan fingerprint density at radius 3 is 2.45 bits per heavy atom. The van der Waals surface area contributed by atoms with E-state index in [1.165, 1.54) is 18.9 Å². The molecule has 4 rings (SSSR count). The Labute approximate surface area is 201 Å². The summed E-state index contributed by atoms with van der Waals surface area (Å²) < 4.78 is 16.1. The Bertz CT molecular complexity index is 1210. The quantitative estimate of drug-likeness (QED) is 0.286. The number of carboxylic acids is 1. The molecule has 0 atom stereocenters. The van der Waals surface area contributed by atoms with Gasteiger partial charge in [0.15, 0.2) is 0 Å². The van der Waals surface area contributed by atoms with Crippen LogP contribution in [0.25, 0.3) is 0 Å². The second-order valence-corrected chi connectivity index (χ2v) is 8.41. The molecule has 0 bridgehead atoms. The van der Waals surface area contributed by atoms with Crippen molar-refractivity contribution in [2.75, 3.05) is 13.4 Å². The first-order valence-corrected chi connectivity index (χ1v) is 11.5. The summed E-state index contributed by atoms with van der Waals surface area (Å²) in [6.07, 6.45) is 2.44. The van der Waals surface area contributed by atoms with Crippen molar-refractivity contribution < 1.29 is 28.9 Å². The van der Waals surface area contributed by atoms with E-state index in [0.29, 0.717) is 33.4 Å². The first-order valence-electron chi connectivity index (χ1n) is 9.89. The molecule has 0 unspecified atom stereocenters. The monoisotopic (exact) mass is 482 g/mol. The van der Waals surface area contributed by atoms with Gasteiger partial charge in [-0.25, -0.2) is 9.59 Å². The minimum absolute atomic E-state index is 0.317. The van der Waals surface area contributed by atoms with Crippen molar-refractivity contribution in [2.24, 2.45) is 0 Å². The number of hydrogen-bond acceptors (Lipinski definition) is 7. The Hall–Kier alpha value is -3.36. The van der Waals surface area contributed by atoms with Gasteiger partial charge in [0.1, 0.15) is 17.2 Å². The number of thioether (sulfide) groups is 1. The lowest BCUT2D eigenvalue weighted by atomic mass is 9.96. The van der Waals surface area contributed by atoms with Crippen LogP contribution in [0.15, 0.2) is 60.7 Å². The number of ether oxygens (including phenoxy) is 3. The third-order valence-corrected chi connectivity index (χ3v) is 5.91. The van der Waals surface area contributed by atoms with E-state index < -0.39 is 5.97 Å². The molecule has 0 amide bonds. The summed E-state index contributed by atoms with van der Waals surface area (Å²) in [4.78, 5) is 22.6. The van der Waals surface area contributed by atoms with Crippen LogP contribution in [0.4, 0.5) is 0 Å². The van der Waals surface area contributed by atoms with Crippen LogP contribution >= 0.6 is 24.0 Å². The summed E-state index contributed by atoms with van der Waals surface area (Å²) in [6, 6.07) is 18.0. The van der Waals surface area contributed by atoms with E-state index in [4.69, 9.17) is 26.8 Å². The normalized spacial score (nSPS) is 11.0. The van der Waals surface area contributed by atoms with Crippen LogP contribution in [0, 0.1) is 6.92 Å². The molecular formula is C25H22O6S2. The molecule has 0 saturated carbocycles. The molecular weight excluding hydrogens is 460 g/mol. The van der Waals surface area contributed by atoms with Crippen LogP contribution in [-0.2, 0) is 11.2 Å². The molecule has 0 spiro atoms. The number of benzene rings is 3. The molecule has 0 fully saturated rings. The predicted octanol–water partition coefficient (Wildman–Crippen LogP) is 5.89. The fourth-order valence-corrected chi connectivity index (χ4v) is 3.51. The zero-order chi connectivity index (χ0) is 24.0. The van der Waals surface area contributed by atoms with E-state index in [1.807, 2.05) is 37.4 Å². The van der Waals surface area contributed by atoms with Crippen molar-refractivity contribution in [3.05, 3.63) is 88.5 Å².